The fourth-order valence-corrected chi connectivity index (χ4v) is 1.72. The Labute approximate surface area is 81.6 Å². The van der Waals surface area contributed by atoms with Gasteiger partial charge in [0.25, 0.3) is 0 Å². The van der Waals surface area contributed by atoms with Crippen molar-refractivity contribution in [1.29, 1.82) is 0 Å². The highest BCUT2D eigenvalue weighted by atomic mass is 15.4. The third kappa shape index (κ3) is 6.02. The van der Waals surface area contributed by atoms with E-state index in [2.05, 4.69) is 5.32 Å². The second-order valence-electron chi connectivity index (χ2n) is 3.91. The Hall–Kier alpha value is -0.120. The molecule has 13 heavy (non-hydrogen) atoms. The van der Waals surface area contributed by atoms with Gasteiger partial charge in [-0.25, -0.2) is 5.01 Å². The van der Waals surface area contributed by atoms with Gasteiger partial charge >= 0.3 is 0 Å². The molecule has 2 heterocycles. The van der Waals surface area contributed by atoms with Crippen molar-refractivity contribution in [2.45, 2.75) is 38.5 Å². The van der Waals surface area contributed by atoms with Crippen LogP contribution in [0, 0.1) is 0 Å². The first-order valence-corrected chi connectivity index (χ1v) is 5.60. The minimum absolute atomic E-state index is 1.10. The van der Waals surface area contributed by atoms with Crippen molar-refractivity contribution >= 4 is 0 Å². The number of nitrogens with one attached hydrogen (secondary N) is 1. The largest absolute Gasteiger partial charge is 0.317 e. The normalized spacial score (nSPS) is 24.7. The summed E-state index contributed by atoms with van der Waals surface area (Å²) in [5.41, 5.74) is 0. The Balaban J connectivity index is 0.000000132. The van der Waals surface area contributed by atoms with E-state index in [1.165, 1.54) is 51.6 Å². The molecule has 3 N–H and O–H groups in total. The lowest BCUT2D eigenvalue weighted by atomic mass is 10.2. The lowest BCUT2D eigenvalue weighted by molar-refractivity contribution is 0.235. The van der Waals surface area contributed by atoms with Crippen LogP contribution in [0.5, 0.6) is 0 Å². The van der Waals surface area contributed by atoms with E-state index in [-0.39, 0.29) is 0 Å². The maximum atomic E-state index is 5.47. The second kappa shape index (κ2) is 7.30. The molecule has 0 spiro atoms. The zero-order valence-corrected chi connectivity index (χ0v) is 8.60. The maximum absolute atomic E-state index is 5.47. The van der Waals surface area contributed by atoms with Crippen LogP contribution in [0.2, 0.25) is 0 Å². The molecule has 0 saturated carbocycles. The minimum atomic E-state index is 1.10. The van der Waals surface area contributed by atoms with Gasteiger partial charge in [-0.2, -0.15) is 0 Å². The van der Waals surface area contributed by atoms with E-state index in [9.17, 15) is 0 Å². The summed E-state index contributed by atoms with van der Waals surface area (Å²) in [5.74, 6) is 5.47. The highest BCUT2D eigenvalue weighted by Crippen LogP contribution is 2.03. The van der Waals surface area contributed by atoms with Crippen molar-refractivity contribution in [3.8, 4) is 0 Å². The van der Waals surface area contributed by atoms with Gasteiger partial charge in [-0.05, 0) is 38.8 Å². The summed E-state index contributed by atoms with van der Waals surface area (Å²) < 4.78 is 0. The summed E-state index contributed by atoms with van der Waals surface area (Å²) in [6, 6.07) is 0. The molecule has 0 aromatic carbocycles. The molecule has 0 radical (unpaired) electrons. The van der Waals surface area contributed by atoms with E-state index in [4.69, 9.17) is 5.84 Å². The van der Waals surface area contributed by atoms with E-state index in [0.717, 1.165) is 13.1 Å². The van der Waals surface area contributed by atoms with Crippen molar-refractivity contribution in [3.05, 3.63) is 0 Å². The van der Waals surface area contributed by atoms with Crippen LogP contribution in [0.15, 0.2) is 0 Å². The highest BCUT2D eigenvalue weighted by Gasteiger charge is 2.02. The SMILES string of the molecule is C1CCNCC1.NN1CCCCC1. The molecule has 2 fully saturated rings. The van der Waals surface area contributed by atoms with Gasteiger partial charge in [0.15, 0.2) is 0 Å². The van der Waals surface area contributed by atoms with Crippen molar-refractivity contribution in [2.75, 3.05) is 26.2 Å². The molecule has 78 valence electrons. The van der Waals surface area contributed by atoms with Gasteiger partial charge < -0.3 is 5.32 Å². The first kappa shape index (κ1) is 11.0. The van der Waals surface area contributed by atoms with Crippen LogP contribution in [0.1, 0.15) is 38.5 Å². The molecule has 0 unspecified atom stereocenters. The third-order valence-corrected chi connectivity index (χ3v) is 2.60. The van der Waals surface area contributed by atoms with Gasteiger partial charge in [-0.15, -0.1) is 0 Å². The van der Waals surface area contributed by atoms with E-state index in [0.29, 0.717) is 0 Å². The molecule has 0 aromatic heterocycles. The summed E-state index contributed by atoms with van der Waals surface area (Å²) in [4.78, 5) is 0. The van der Waals surface area contributed by atoms with Gasteiger partial charge in [0.05, 0.1) is 0 Å². The van der Waals surface area contributed by atoms with Crippen LogP contribution in [0.4, 0.5) is 0 Å². The Morgan fingerprint density at radius 2 is 1.31 bits per heavy atom. The molecule has 2 saturated heterocycles. The van der Waals surface area contributed by atoms with Crippen LogP contribution in [0.25, 0.3) is 0 Å². The minimum Gasteiger partial charge on any atom is -0.317 e. The number of hydrazine groups is 1. The first-order valence-electron chi connectivity index (χ1n) is 5.60. The van der Waals surface area contributed by atoms with Gasteiger partial charge in [0.1, 0.15) is 0 Å². The van der Waals surface area contributed by atoms with Crippen molar-refractivity contribution in [1.82, 2.24) is 10.3 Å². The predicted octanol–water partition coefficient (Wildman–Crippen LogP) is 1.11. The maximum Gasteiger partial charge on any atom is 0.0128 e. The van der Waals surface area contributed by atoms with Crippen LogP contribution in [-0.2, 0) is 0 Å². The lowest BCUT2D eigenvalue weighted by Crippen LogP contribution is -2.35. The Morgan fingerprint density at radius 3 is 1.54 bits per heavy atom. The van der Waals surface area contributed by atoms with Crippen LogP contribution in [0.3, 0.4) is 0 Å². The fraction of sp³-hybridized carbons (Fsp3) is 1.00. The number of hydrogen-bond donors (Lipinski definition) is 2. The summed E-state index contributed by atoms with van der Waals surface area (Å²) in [6.07, 6.45) is 8.16. The average Bonchev–Trinajstić information content (AvgIpc) is 2.22. The molecule has 0 amide bonds. The summed E-state index contributed by atoms with van der Waals surface area (Å²) >= 11 is 0. The quantitative estimate of drug-likeness (QED) is 0.555. The van der Waals surface area contributed by atoms with E-state index in [1.807, 2.05) is 5.01 Å². The number of rotatable bonds is 0. The fourth-order valence-electron chi connectivity index (χ4n) is 1.72. The molecule has 0 aromatic rings. The van der Waals surface area contributed by atoms with Gasteiger partial charge in [-0.3, -0.25) is 5.84 Å². The lowest BCUT2D eigenvalue weighted by Gasteiger charge is -2.20. The van der Waals surface area contributed by atoms with Gasteiger partial charge in [0.2, 0.25) is 0 Å². The molecule has 2 rings (SSSR count). The Kier molecular flexibility index (Phi) is 6.15. The molecular formula is C10H23N3. The molecule has 2 aliphatic heterocycles. The average molecular weight is 185 g/mol. The summed E-state index contributed by atoms with van der Waals surface area (Å²) in [6.45, 7) is 4.69. The smallest absolute Gasteiger partial charge is 0.0128 e. The standard InChI is InChI=1S/C5H12N2.C5H11N/c6-7-4-2-1-3-5-7;1-2-4-6-5-3-1/h1-6H2;6H,1-5H2. The van der Waals surface area contributed by atoms with E-state index >= 15 is 0 Å². The van der Waals surface area contributed by atoms with Crippen LogP contribution < -0.4 is 11.2 Å². The highest BCUT2D eigenvalue weighted by molar-refractivity contribution is 4.56. The summed E-state index contributed by atoms with van der Waals surface area (Å²) in [5, 5.41) is 5.18. The molecule has 0 aliphatic carbocycles. The van der Waals surface area contributed by atoms with E-state index in [1.54, 1.807) is 0 Å². The topological polar surface area (TPSA) is 41.3 Å². The second-order valence-corrected chi connectivity index (χ2v) is 3.91. The first-order chi connectivity index (χ1) is 6.39. The van der Waals surface area contributed by atoms with Crippen LogP contribution in [-0.4, -0.2) is 31.2 Å². The molecule has 2 aliphatic rings. The van der Waals surface area contributed by atoms with E-state index < -0.39 is 0 Å². The van der Waals surface area contributed by atoms with Crippen LogP contribution >= 0.6 is 0 Å². The zero-order valence-electron chi connectivity index (χ0n) is 8.60. The number of piperidine rings is 2. The van der Waals surface area contributed by atoms with Gasteiger partial charge in [0, 0.05) is 13.1 Å². The van der Waals surface area contributed by atoms with Crippen molar-refractivity contribution < 1.29 is 0 Å². The Bertz CT molecular complexity index is 95.2. The predicted molar refractivity (Wildman–Crippen MR) is 56.3 cm³/mol. The van der Waals surface area contributed by atoms with Crippen molar-refractivity contribution in [3.63, 3.8) is 0 Å². The number of nitrogens with zero attached hydrogens (tertiary/aromatic N) is 1. The number of hydrogen-bond acceptors (Lipinski definition) is 3. The zero-order chi connectivity index (χ0) is 9.36. The summed E-state index contributed by atoms with van der Waals surface area (Å²) in [7, 11) is 0. The molecule has 3 nitrogen and oxygen atoms in total. The Morgan fingerprint density at radius 1 is 0.769 bits per heavy atom. The molecular weight excluding hydrogens is 162 g/mol. The number of nitrogens with two attached hydrogens (primary N) is 1. The molecule has 3 heteroatoms. The third-order valence-electron chi connectivity index (χ3n) is 2.60. The molecule has 0 atom stereocenters. The van der Waals surface area contributed by atoms with Gasteiger partial charge in [-0.1, -0.05) is 12.8 Å². The monoisotopic (exact) mass is 185 g/mol. The van der Waals surface area contributed by atoms with Crippen molar-refractivity contribution in [2.24, 2.45) is 5.84 Å². The molecule has 0 bridgehead atoms.